The van der Waals surface area contributed by atoms with Gasteiger partial charge in [-0.1, -0.05) is 72.3 Å². The largest absolute Gasteiger partial charge is 0.465 e. The molecular weight excluding hydrogens is 450 g/mol. The summed E-state index contributed by atoms with van der Waals surface area (Å²) in [4.78, 5) is 16.6. The summed E-state index contributed by atoms with van der Waals surface area (Å²) < 4.78 is 4.83. The number of aliphatic hydroxyl groups excluding tert-OH is 1. The molecule has 1 aromatic heterocycles. The minimum Gasteiger partial charge on any atom is -0.465 e. The Balaban J connectivity index is 0.00000324. The predicted molar refractivity (Wildman–Crippen MR) is 137 cm³/mol. The number of aliphatic hydroxyl groups is 1. The quantitative estimate of drug-likeness (QED) is 0.348. The van der Waals surface area contributed by atoms with E-state index in [9.17, 15) is 9.90 Å². The van der Waals surface area contributed by atoms with Gasteiger partial charge in [0.25, 0.3) is 0 Å². The highest BCUT2D eigenvalue weighted by molar-refractivity contribution is 6.31. The molecule has 3 aromatic carbocycles. The van der Waals surface area contributed by atoms with Crippen LogP contribution >= 0.6 is 11.6 Å². The Kier molecular flexibility index (Phi) is 8.55. The average Bonchev–Trinajstić information content (AvgIpc) is 2.85. The summed E-state index contributed by atoms with van der Waals surface area (Å²) in [6, 6.07) is 24.8. The monoisotopic (exact) mass is 475 g/mol. The van der Waals surface area contributed by atoms with Gasteiger partial charge in [-0.15, -0.1) is 0 Å². The molecule has 5 nitrogen and oxygen atoms in total. The van der Waals surface area contributed by atoms with Crippen molar-refractivity contribution in [2.45, 2.75) is 18.9 Å². The minimum absolute atomic E-state index is 0. The van der Waals surface area contributed by atoms with Gasteiger partial charge in [0.1, 0.15) is 0 Å². The number of halogens is 1. The maximum absolute atomic E-state index is 12.0. The molecule has 0 amide bonds. The summed E-state index contributed by atoms with van der Waals surface area (Å²) >= 11 is 6.09. The van der Waals surface area contributed by atoms with Crippen molar-refractivity contribution in [2.24, 2.45) is 0 Å². The van der Waals surface area contributed by atoms with Crippen molar-refractivity contribution < 1.29 is 20.1 Å². The van der Waals surface area contributed by atoms with Gasteiger partial charge >= 0.3 is 5.97 Å². The van der Waals surface area contributed by atoms with E-state index in [1.54, 1.807) is 18.2 Å². The summed E-state index contributed by atoms with van der Waals surface area (Å²) in [5, 5.41) is 12.4. The number of ether oxygens (including phenoxy) is 1. The number of nitrogens with zero attached hydrogens (tertiary/aromatic N) is 1. The van der Waals surface area contributed by atoms with Crippen molar-refractivity contribution in [1.82, 2.24) is 4.98 Å². The molecule has 0 saturated heterocycles. The van der Waals surface area contributed by atoms with E-state index in [1.165, 1.54) is 7.11 Å². The van der Waals surface area contributed by atoms with Crippen LogP contribution in [0, 0.1) is 0 Å². The minimum atomic E-state index is -0.756. The maximum atomic E-state index is 12.0. The number of fused-ring (bicyclic) bond motifs is 1. The second kappa shape index (κ2) is 11.6. The van der Waals surface area contributed by atoms with Gasteiger partial charge in [0.2, 0.25) is 0 Å². The summed E-state index contributed by atoms with van der Waals surface area (Å²) in [7, 11) is 1.34. The van der Waals surface area contributed by atoms with Crippen molar-refractivity contribution in [3.05, 3.63) is 112 Å². The first-order valence-electron chi connectivity index (χ1n) is 10.7. The SMILES string of the molecule is COC(=O)c1ccccc1C(O)CCc1cccc(C=Cc2ccc3ccc(Cl)cc3n2)c1.O. The van der Waals surface area contributed by atoms with E-state index in [-0.39, 0.29) is 5.48 Å². The number of esters is 1. The third-order valence-electron chi connectivity index (χ3n) is 5.50. The van der Waals surface area contributed by atoms with E-state index in [0.29, 0.717) is 29.0 Å². The third-order valence-corrected chi connectivity index (χ3v) is 5.74. The highest BCUT2D eigenvalue weighted by Gasteiger charge is 2.17. The fourth-order valence-corrected chi connectivity index (χ4v) is 3.94. The van der Waals surface area contributed by atoms with Crippen LogP contribution in [0.3, 0.4) is 0 Å². The first-order chi connectivity index (χ1) is 16.0. The van der Waals surface area contributed by atoms with E-state index in [4.69, 9.17) is 16.3 Å². The van der Waals surface area contributed by atoms with Gasteiger partial charge < -0.3 is 15.3 Å². The van der Waals surface area contributed by atoms with Crippen molar-refractivity contribution >= 4 is 40.6 Å². The molecule has 0 aliphatic rings. The summed E-state index contributed by atoms with van der Waals surface area (Å²) in [6.07, 6.45) is 4.40. The number of rotatable bonds is 7. The Morgan fingerprint density at radius 2 is 1.82 bits per heavy atom. The molecule has 4 rings (SSSR count). The average molecular weight is 476 g/mol. The molecule has 0 radical (unpaired) electrons. The molecule has 1 heterocycles. The topological polar surface area (TPSA) is 90.9 Å². The lowest BCUT2D eigenvalue weighted by atomic mass is 9.96. The van der Waals surface area contributed by atoms with Crippen molar-refractivity contribution in [2.75, 3.05) is 7.11 Å². The van der Waals surface area contributed by atoms with Gasteiger partial charge in [0.05, 0.1) is 30.0 Å². The lowest BCUT2D eigenvalue weighted by Gasteiger charge is -2.14. The maximum Gasteiger partial charge on any atom is 0.338 e. The first-order valence-corrected chi connectivity index (χ1v) is 11.1. The van der Waals surface area contributed by atoms with Crippen LogP contribution in [0.15, 0.2) is 78.9 Å². The highest BCUT2D eigenvalue weighted by Crippen LogP contribution is 2.24. The van der Waals surface area contributed by atoms with Crippen LogP contribution in [-0.2, 0) is 11.2 Å². The van der Waals surface area contributed by atoms with Crippen LogP contribution in [0.25, 0.3) is 23.1 Å². The molecule has 0 saturated carbocycles. The van der Waals surface area contributed by atoms with Crippen LogP contribution in [-0.4, -0.2) is 28.6 Å². The van der Waals surface area contributed by atoms with Gasteiger partial charge in [-0.25, -0.2) is 9.78 Å². The van der Waals surface area contributed by atoms with Crippen LogP contribution < -0.4 is 0 Å². The fraction of sp³-hybridized carbons (Fsp3) is 0.143. The number of aryl methyl sites for hydroxylation is 1. The number of carbonyl (C=O) groups excluding carboxylic acids is 1. The molecule has 6 heteroatoms. The molecule has 0 aliphatic heterocycles. The number of pyridine rings is 1. The van der Waals surface area contributed by atoms with Gasteiger partial charge in [0.15, 0.2) is 0 Å². The second-order valence-corrected chi connectivity index (χ2v) is 8.22. The molecule has 174 valence electrons. The van der Waals surface area contributed by atoms with Crippen LogP contribution in [0.2, 0.25) is 5.02 Å². The predicted octanol–water partition coefficient (Wildman–Crippen LogP) is 5.69. The molecule has 0 fully saturated rings. The number of hydrogen-bond donors (Lipinski definition) is 1. The fourth-order valence-electron chi connectivity index (χ4n) is 3.78. The Morgan fingerprint density at radius 3 is 2.65 bits per heavy atom. The van der Waals surface area contributed by atoms with E-state index >= 15 is 0 Å². The van der Waals surface area contributed by atoms with Gasteiger partial charge in [0, 0.05) is 10.4 Å². The number of hydrogen-bond acceptors (Lipinski definition) is 4. The Bertz CT molecular complexity index is 1320. The number of methoxy groups -OCH3 is 1. The van der Waals surface area contributed by atoms with Crippen LogP contribution in [0.1, 0.15) is 45.3 Å². The lowest BCUT2D eigenvalue weighted by molar-refractivity contribution is 0.0592. The zero-order valence-electron chi connectivity index (χ0n) is 18.7. The van der Waals surface area contributed by atoms with E-state index in [2.05, 4.69) is 11.1 Å². The molecular formula is C28H26ClNO4. The van der Waals surface area contributed by atoms with Crippen molar-refractivity contribution in [3.63, 3.8) is 0 Å². The standard InChI is InChI=1S/C28H24ClNO3.H2O/c1-33-28(32)25-8-3-2-7-24(25)27(31)16-10-20-6-4-5-19(17-20)9-14-23-15-12-21-11-13-22(29)18-26(21)30-23;/h2-9,11-15,17-18,27,31H,10,16H2,1H3;1H2. The molecule has 0 spiro atoms. The van der Waals surface area contributed by atoms with E-state index < -0.39 is 12.1 Å². The van der Waals surface area contributed by atoms with Crippen molar-refractivity contribution in [3.8, 4) is 0 Å². The van der Waals surface area contributed by atoms with Crippen molar-refractivity contribution in [1.29, 1.82) is 0 Å². The Morgan fingerprint density at radius 1 is 1.03 bits per heavy atom. The summed E-state index contributed by atoms with van der Waals surface area (Å²) in [6.45, 7) is 0. The van der Waals surface area contributed by atoms with Gasteiger partial charge in [-0.2, -0.15) is 0 Å². The molecule has 3 N–H and O–H groups in total. The third kappa shape index (κ3) is 6.08. The second-order valence-electron chi connectivity index (χ2n) is 7.78. The molecule has 1 atom stereocenters. The molecule has 0 bridgehead atoms. The summed E-state index contributed by atoms with van der Waals surface area (Å²) in [5.74, 6) is -0.443. The smallest absolute Gasteiger partial charge is 0.338 e. The Hall–Kier alpha value is -3.51. The number of benzene rings is 3. The van der Waals surface area contributed by atoms with Gasteiger partial charge in [-0.3, -0.25) is 0 Å². The Labute approximate surface area is 203 Å². The zero-order valence-corrected chi connectivity index (χ0v) is 19.5. The molecule has 1 unspecified atom stereocenters. The van der Waals surface area contributed by atoms with E-state index in [0.717, 1.165) is 27.7 Å². The number of aromatic nitrogens is 1. The molecule has 0 aliphatic carbocycles. The van der Waals surface area contributed by atoms with Crippen LogP contribution in [0.4, 0.5) is 0 Å². The zero-order chi connectivity index (χ0) is 23.2. The normalized spacial score (nSPS) is 11.9. The van der Waals surface area contributed by atoms with Gasteiger partial charge in [-0.05, 0) is 59.9 Å². The van der Waals surface area contributed by atoms with E-state index in [1.807, 2.05) is 66.7 Å². The molecule has 34 heavy (non-hydrogen) atoms. The lowest BCUT2D eigenvalue weighted by Crippen LogP contribution is -2.09. The highest BCUT2D eigenvalue weighted by atomic mass is 35.5. The number of carbonyl (C=O) groups is 1. The molecule has 4 aromatic rings. The first kappa shape index (κ1) is 25.1. The summed E-state index contributed by atoms with van der Waals surface area (Å²) in [5.41, 5.74) is 4.84. The van der Waals surface area contributed by atoms with Crippen LogP contribution in [0.5, 0.6) is 0 Å².